The molecule has 48 nitrogen and oxygen atoms in total. The summed E-state index contributed by atoms with van der Waals surface area (Å²) in [6.07, 6.45) is -13.8. The number of nitrogens with one attached hydrogen (secondary N) is 4. The van der Waals surface area contributed by atoms with Crippen LogP contribution in [0.25, 0.3) is 22.3 Å². The lowest BCUT2D eigenvalue weighted by atomic mass is 9.87. The molecule has 0 aromatic carbocycles. The summed E-state index contributed by atoms with van der Waals surface area (Å²) in [5.41, 5.74) is 8.52. The summed E-state index contributed by atoms with van der Waals surface area (Å²) in [5.74, 6) is -2.17. The number of carbonyl (C=O) groups is 6. The van der Waals surface area contributed by atoms with Crippen molar-refractivity contribution in [3.8, 4) is 0 Å². The molecule has 4 amide bonds. The zero-order valence-electron chi connectivity index (χ0n) is 54.1. The molecule has 14 atom stereocenters. The van der Waals surface area contributed by atoms with Gasteiger partial charge in [0.25, 0.3) is 0 Å². The number of phosphoric acid groups is 6. The second-order valence-electron chi connectivity index (χ2n) is 22.8. The number of hydrogen-bond donors (Lipinski definition) is 18. The lowest BCUT2D eigenvalue weighted by molar-refractivity contribution is -0.137. The largest absolute Gasteiger partial charge is 0.481 e. The average Bonchev–Trinajstić information content (AvgIpc) is 1.62. The second-order valence-corrected chi connectivity index (χ2v) is 33.8. The number of imidazole rings is 2. The summed E-state index contributed by atoms with van der Waals surface area (Å²) in [5, 5.41) is 52.1. The van der Waals surface area contributed by atoms with Gasteiger partial charge in [0.15, 0.2) is 45.6 Å². The van der Waals surface area contributed by atoms with Gasteiger partial charge in [0, 0.05) is 75.2 Å². The lowest BCUT2D eigenvalue weighted by Gasteiger charge is -2.30. The number of anilines is 2. The second kappa shape index (κ2) is 37.1. The highest BCUT2D eigenvalue weighted by atomic mass is 32.2. The van der Waals surface area contributed by atoms with E-state index in [2.05, 4.69) is 68.8 Å². The van der Waals surface area contributed by atoms with Gasteiger partial charge in [0.05, 0.1) is 39.1 Å². The number of thioether (sulfide) groups is 2. The number of amides is 4. The molecule has 0 radical (unpaired) electrons. The highest BCUT2D eigenvalue weighted by molar-refractivity contribution is 8.13. The molecule has 0 aliphatic carbocycles. The number of nitrogen functional groups attached to an aromatic ring is 2. The number of rotatable bonds is 38. The number of aliphatic hydroxyl groups is 4. The van der Waals surface area contributed by atoms with E-state index in [0.717, 1.165) is 58.0 Å². The SMILES string of the molecule is CC(=O)SCCNC(=O)CCNC(=O)C(O)C(C)(C)COP(=O)(O)OP(=O)(O)OC[C@H]1O[C@@H](n2cnc3c(N)ncnc32)[C@H](O)[C@@H]1OP(=O)(O)O.CC(=O)SCCNC(=O)CCNC(=O)C(O)C(C)(C)COP(=O)(O)OP(=O)(O)OC[C@H]1O[C@@H](n2cnc3c(N)ncnc32)[C@H](O)[C@@H]1OP(=O)(O)O. The van der Waals surface area contributed by atoms with Crippen LogP contribution < -0.4 is 32.7 Å². The van der Waals surface area contributed by atoms with E-state index in [9.17, 15) is 116 Å². The van der Waals surface area contributed by atoms with Crippen molar-refractivity contribution >= 4 is 138 Å². The van der Waals surface area contributed by atoms with E-state index in [1.807, 2.05) is 0 Å². The van der Waals surface area contributed by atoms with Crippen molar-refractivity contribution in [1.29, 1.82) is 0 Å². The molecular weight excluding hydrogens is 1540 g/mol. The summed E-state index contributed by atoms with van der Waals surface area (Å²) in [4.78, 5) is 172. The Hall–Kier alpha value is -4.88. The molecule has 2 fully saturated rings. The first kappa shape index (κ1) is 87.8. The molecule has 20 N–H and O–H groups in total. The number of phosphoric ester groups is 6. The maximum Gasteiger partial charge on any atom is 0.481 e. The van der Waals surface area contributed by atoms with Crippen molar-refractivity contribution in [2.24, 2.45) is 10.8 Å². The zero-order chi connectivity index (χ0) is 76.7. The standard InChI is InChI=1S/2C23H38N7O17P3S/c2*1-12(31)51-7-6-25-14(32)4-5-26-21(35)18(34)23(2,3)9-44-50(41,42)47-49(39,40)43-8-13-17(46-48(36,37)38)16(33)22(45-13)30-11-29-15-19(24)27-10-28-20(15)30/h2*10-11,13,16-18,22,33-34H,4-9H2,1-3H3,(H,25,32)(H,26,35)(H,39,40)(H,41,42)(H2,24,27,28)(H2,36,37,38)/t2*13-,16-,17-,18?,22-/m11/s1. The van der Waals surface area contributed by atoms with Crippen molar-refractivity contribution in [2.45, 2.75) is 116 Å². The van der Waals surface area contributed by atoms with E-state index in [0.29, 0.717) is 11.5 Å². The molecule has 4 aromatic heterocycles. The number of fused-ring (bicyclic) bond motifs is 2. The maximum atomic E-state index is 12.6. The Morgan fingerprint density at radius 2 is 0.873 bits per heavy atom. The van der Waals surface area contributed by atoms with E-state index in [4.69, 9.17) is 39.0 Å². The van der Waals surface area contributed by atoms with Crippen molar-refractivity contribution in [3.05, 3.63) is 25.3 Å². The van der Waals surface area contributed by atoms with E-state index in [1.54, 1.807) is 0 Å². The zero-order valence-corrected chi connectivity index (χ0v) is 61.1. The molecule has 2 saturated heterocycles. The smallest absolute Gasteiger partial charge is 0.386 e. The van der Waals surface area contributed by atoms with Crippen molar-refractivity contribution in [1.82, 2.24) is 60.3 Å². The minimum Gasteiger partial charge on any atom is -0.386 e. The van der Waals surface area contributed by atoms with Gasteiger partial charge in [-0.15, -0.1) is 0 Å². The lowest BCUT2D eigenvalue weighted by Crippen LogP contribution is -2.46. The molecule has 56 heteroatoms. The van der Waals surface area contributed by atoms with Crippen LogP contribution in [0.15, 0.2) is 25.3 Å². The molecule has 2 aliphatic rings. The number of nitrogens with zero attached hydrogens (tertiary/aromatic N) is 8. The van der Waals surface area contributed by atoms with Gasteiger partial charge in [0.2, 0.25) is 23.6 Å². The van der Waals surface area contributed by atoms with Gasteiger partial charge in [-0.1, -0.05) is 51.2 Å². The van der Waals surface area contributed by atoms with Gasteiger partial charge in [-0.05, 0) is 0 Å². The Labute approximate surface area is 584 Å². The summed E-state index contributed by atoms with van der Waals surface area (Å²) < 4.78 is 124. The summed E-state index contributed by atoms with van der Waals surface area (Å²) >= 11 is 2.05. The maximum absolute atomic E-state index is 12.6. The van der Waals surface area contributed by atoms with Crippen LogP contribution in [-0.4, -0.2) is 245 Å². The van der Waals surface area contributed by atoms with Crippen LogP contribution in [0.1, 0.15) is 66.8 Å². The Bertz CT molecular complexity index is 3660. The van der Waals surface area contributed by atoms with Gasteiger partial charge in [-0.25, -0.2) is 57.3 Å². The van der Waals surface area contributed by atoms with Crippen LogP contribution >= 0.6 is 70.5 Å². The molecule has 6 rings (SSSR count). The predicted octanol–water partition coefficient (Wildman–Crippen LogP) is -2.63. The van der Waals surface area contributed by atoms with Gasteiger partial charge in [0.1, 0.15) is 72.5 Å². The van der Waals surface area contributed by atoms with Gasteiger partial charge in [-0.2, -0.15) is 8.62 Å². The van der Waals surface area contributed by atoms with E-state index in [1.165, 1.54) is 41.5 Å². The van der Waals surface area contributed by atoms with Crippen molar-refractivity contribution in [2.75, 3.05) is 75.6 Å². The fourth-order valence-electron chi connectivity index (χ4n) is 8.65. The molecule has 0 saturated carbocycles. The first-order valence-electron chi connectivity index (χ1n) is 29.1. The molecule has 0 spiro atoms. The molecule has 576 valence electrons. The van der Waals surface area contributed by atoms with Crippen LogP contribution in [0.4, 0.5) is 11.6 Å². The normalized spacial score (nSPS) is 22.6. The third-order valence-electron chi connectivity index (χ3n) is 13.6. The van der Waals surface area contributed by atoms with Crippen LogP contribution in [0.2, 0.25) is 0 Å². The number of carbonyl (C=O) groups excluding carboxylic acids is 6. The summed E-state index contributed by atoms with van der Waals surface area (Å²) in [6, 6.07) is 0. The molecule has 2 aliphatic heterocycles. The molecular formula is C46H76N14O34P6S2. The molecule has 6 heterocycles. The van der Waals surface area contributed by atoms with Crippen LogP contribution in [-0.2, 0) is 101 Å². The molecule has 4 aromatic rings. The first-order valence-corrected chi connectivity index (χ1v) is 40.1. The monoisotopic (exact) mass is 1620 g/mol. The van der Waals surface area contributed by atoms with Crippen molar-refractivity contribution in [3.63, 3.8) is 0 Å². The van der Waals surface area contributed by atoms with E-state index in [-0.39, 0.29) is 83.2 Å². The highest BCUT2D eigenvalue weighted by Crippen LogP contribution is 2.63. The number of aromatic nitrogens is 8. The number of ether oxygens (including phenoxy) is 2. The third kappa shape index (κ3) is 27.5. The number of aliphatic hydroxyl groups excluding tert-OH is 4. The fraction of sp³-hybridized carbons (Fsp3) is 0.652. The van der Waals surface area contributed by atoms with Crippen LogP contribution in [0, 0.1) is 10.8 Å². The Balaban J connectivity index is 0.000000367. The van der Waals surface area contributed by atoms with Crippen LogP contribution in [0.5, 0.6) is 0 Å². The van der Waals surface area contributed by atoms with Crippen LogP contribution in [0.3, 0.4) is 0 Å². The number of nitrogens with two attached hydrogens (primary N) is 2. The summed E-state index contributed by atoms with van der Waals surface area (Å²) in [6.45, 7) is 3.80. The average molecular weight is 1620 g/mol. The fourth-order valence-corrected chi connectivity index (χ4v) is 15.3. The highest BCUT2D eigenvalue weighted by Gasteiger charge is 2.52. The first-order chi connectivity index (χ1) is 47.0. The van der Waals surface area contributed by atoms with Gasteiger partial charge in [-0.3, -0.25) is 65.0 Å². The van der Waals surface area contributed by atoms with Crippen molar-refractivity contribution < 1.29 is 161 Å². The molecule has 6 unspecified atom stereocenters. The third-order valence-corrected chi connectivity index (χ3v) is 21.4. The summed E-state index contributed by atoms with van der Waals surface area (Å²) in [7, 11) is -32.7. The predicted molar refractivity (Wildman–Crippen MR) is 346 cm³/mol. The van der Waals surface area contributed by atoms with E-state index >= 15 is 0 Å². The number of hydrogen-bond acceptors (Lipinski definition) is 36. The minimum atomic E-state index is -5.56. The quantitative estimate of drug-likeness (QED) is 0.0161. The Kier molecular flexibility index (Phi) is 31.9. The van der Waals surface area contributed by atoms with Gasteiger partial charge < -0.3 is 102 Å². The molecule has 102 heavy (non-hydrogen) atoms. The topological polar surface area (TPSA) is 727 Å². The minimum absolute atomic E-state index is 0.0310. The Morgan fingerprint density at radius 3 is 1.20 bits per heavy atom. The molecule has 0 bridgehead atoms. The Morgan fingerprint density at radius 1 is 0.539 bits per heavy atom. The van der Waals surface area contributed by atoms with E-state index < -0.39 is 169 Å². The van der Waals surface area contributed by atoms with Gasteiger partial charge >= 0.3 is 46.9 Å².